The second kappa shape index (κ2) is 8.60. The van der Waals surface area contributed by atoms with E-state index in [2.05, 4.69) is 129 Å². The van der Waals surface area contributed by atoms with Gasteiger partial charge in [-0.2, -0.15) is 0 Å². The molecule has 35 heavy (non-hydrogen) atoms. The number of hydrogen-bond donors (Lipinski definition) is 0. The summed E-state index contributed by atoms with van der Waals surface area (Å²) in [5.74, 6) is 0. The van der Waals surface area contributed by atoms with Crippen molar-refractivity contribution < 1.29 is 4.42 Å². The van der Waals surface area contributed by atoms with Crippen LogP contribution in [-0.4, -0.2) is 0 Å². The van der Waals surface area contributed by atoms with Crippen LogP contribution in [0.25, 0.3) is 33.1 Å². The maximum Gasteiger partial charge on any atom is 0.135 e. The fourth-order valence-corrected chi connectivity index (χ4v) is 5.66. The van der Waals surface area contributed by atoms with Gasteiger partial charge in [-0.3, -0.25) is 0 Å². The van der Waals surface area contributed by atoms with E-state index in [0.717, 1.165) is 11.2 Å². The lowest BCUT2D eigenvalue weighted by Crippen LogP contribution is -2.28. The van der Waals surface area contributed by atoms with Crippen LogP contribution in [0.4, 0.5) is 0 Å². The van der Waals surface area contributed by atoms with Gasteiger partial charge in [0.05, 0.1) is 5.41 Å². The smallest absolute Gasteiger partial charge is 0.135 e. The van der Waals surface area contributed by atoms with Crippen LogP contribution in [0.3, 0.4) is 0 Å². The Morgan fingerprint density at radius 1 is 0.514 bits per heavy atom. The monoisotopic (exact) mass is 452 g/mol. The van der Waals surface area contributed by atoms with Crippen molar-refractivity contribution >= 4 is 21.9 Å². The molecule has 1 heteroatoms. The molecule has 170 valence electrons. The topological polar surface area (TPSA) is 13.1 Å². The number of benzene rings is 5. The lowest BCUT2D eigenvalue weighted by molar-refractivity contribution is 0.666. The highest BCUT2D eigenvalue weighted by molar-refractivity contribution is 6.08. The average Bonchev–Trinajstić information content (AvgIpc) is 3.42. The van der Waals surface area contributed by atoms with Crippen molar-refractivity contribution in [3.05, 3.63) is 144 Å². The van der Waals surface area contributed by atoms with Gasteiger partial charge in [0.25, 0.3) is 0 Å². The molecule has 1 aliphatic rings. The van der Waals surface area contributed by atoms with E-state index in [4.69, 9.17) is 4.42 Å². The van der Waals surface area contributed by atoms with Gasteiger partial charge in [-0.15, -0.1) is 0 Å². The van der Waals surface area contributed by atoms with E-state index < -0.39 is 0 Å². The van der Waals surface area contributed by atoms with Crippen molar-refractivity contribution in [3.8, 4) is 11.1 Å². The van der Waals surface area contributed by atoms with Crippen LogP contribution >= 0.6 is 0 Å². The first-order chi connectivity index (χ1) is 17.3. The van der Waals surface area contributed by atoms with Gasteiger partial charge in [-0.05, 0) is 51.6 Å². The van der Waals surface area contributed by atoms with Crippen molar-refractivity contribution in [1.29, 1.82) is 0 Å². The maximum absolute atomic E-state index is 6.34. The van der Waals surface area contributed by atoms with Crippen molar-refractivity contribution in [2.24, 2.45) is 0 Å². The third-order valence-corrected chi connectivity index (χ3v) is 6.96. The number of hydrogen-bond acceptors (Lipinski definition) is 1. The Morgan fingerprint density at radius 2 is 1.09 bits per heavy atom. The first kappa shape index (κ1) is 21.4. The van der Waals surface area contributed by atoms with Gasteiger partial charge < -0.3 is 4.42 Å². The Hall–Kier alpha value is -4.10. The van der Waals surface area contributed by atoms with Crippen LogP contribution in [0.2, 0.25) is 0 Å². The van der Waals surface area contributed by atoms with Crippen LogP contribution in [0.15, 0.2) is 126 Å². The molecule has 0 atom stereocenters. The third-order valence-electron chi connectivity index (χ3n) is 6.96. The quantitative estimate of drug-likeness (QED) is 0.255. The summed E-state index contributed by atoms with van der Waals surface area (Å²) in [4.78, 5) is 0. The molecule has 0 N–H and O–H groups in total. The molecule has 5 aromatic carbocycles. The summed E-state index contributed by atoms with van der Waals surface area (Å²) in [6.07, 6.45) is 1.25. The normalized spacial score (nSPS) is 13.2. The number of furan rings is 1. The molecule has 0 amide bonds. The largest absolute Gasteiger partial charge is 0.456 e. The standard InChI is InChI=1S/C31H20O.C3H8/c1-3-11-21(12-4-1)31(22-13-5-2-6-14-22)27-17-9-7-15-23(27)25-19-26-24-16-8-10-18-29(24)32-30(26)20-28(25)31;1-3-2/h1-20H;3H2,1-2H3. The van der Waals surface area contributed by atoms with E-state index in [1.54, 1.807) is 0 Å². The fraction of sp³-hybridized carbons (Fsp3) is 0.118. The van der Waals surface area contributed by atoms with Crippen LogP contribution < -0.4 is 0 Å². The summed E-state index contributed by atoms with van der Waals surface area (Å²) in [6, 6.07) is 43.5. The maximum atomic E-state index is 6.34. The van der Waals surface area contributed by atoms with Crippen LogP contribution in [0, 0.1) is 0 Å². The van der Waals surface area contributed by atoms with Gasteiger partial charge in [0.2, 0.25) is 0 Å². The third kappa shape index (κ3) is 3.15. The zero-order chi connectivity index (χ0) is 23.8. The van der Waals surface area contributed by atoms with Crippen molar-refractivity contribution in [1.82, 2.24) is 0 Å². The lowest BCUT2D eigenvalue weighted by atomic mass is 9.67. The minimum absolute atomic E-state index is 0.387. The van der Waals surface area contributed by atoms with Crippen molar-refractivity contribution in [3.63, 3.8) is 0 Å². The predicted octanol–water partition coefficient (Wildman–Crippen LogP) is 9.37. The molecule has 0 fully saturated rings. The van der Waals surface area contributed by atoms with Gasteiger partial charge >= 0.3 is 0 Å². The first-order valence-electron chi connectivity index (χ1n) is 12.5. The SMILES string of the molecule is CCC.c1ccc(C2(c3ccccc3)c3ccccc3-c3cc4c(cc32)oc2ccccc24)cc1. The van der Waals surface area contributed by atoms with E-state index in [1.165, 1.54) is 50.6 Å². The molecule has 0 unspecified atom stereocenters. The molecular formula is C34H28O. The molecular weight excluding hydrogens is 424 g/mol. The van der Waals surface area contributed by atoms with Gasteiger partial charge in [0.1, 0.15) is 11.2 Å². The molecule has 0 saturated heterocycles. The Labute approximate surface area is 206 Å². The average molecular weight is 453 g/mol. The highest BCUT2D eigenvalue weighted by Crippen LogP contribution is 2.57. The second-order valence-corrected chi connectivity index (χ2v) is 9.23. The zero-order valence-corrected chi connectivity index (χ0v) is 20.2. The van der Waals surface area contributed by atoms with Gasteiger partial charge in [-0.1, -0.05) is 123 Å². The van der Waals surface area contributed by atoms with E-state index in [-0.39, 0.29) is 5.41 Å². The molecule has 1 heterocycles. The highest BCUT2D eigenvalue weighted by Gasteiger charge is 2.46. The van der Waals surface area contributed by atoms with Crippen molar-refractivity contribution in [2.45, 2.75) is 25.7 Å². The second-order valence-electron chi connectivity index (χ2n) is 9.23. The van der Waals surface area contributed by atoms with E-state index in [1.807, 2.05) is 6.07 Å². The van der Waals surface area contributed by atoms with E-state index >= 15 is 0 Å². The minimum atomic E-state index is -0.387. The van der Waals surface area contributed by atoms with Crippen LogP contribution in [0.5, 0.6) is 0 Å². The van der Waals surface area contributed by atoms with E-state index in [9.17, 15) is 0 Å². The molecule has 1 aromatic heterocycles. The Balaban J connectivity index is 0.000000727. The lowest BCUT2D eigenvalue weighted by Gasteiger charge is -2.33. The van der Waals surface area contributed by atoms with Crippen LogP contribution in [0.1, 0.15) is 42.5 Å². The summed E-state index contributed by atoms with van der Waals surface area (Å²) >= 11 is 0. The Kier molecular flexibility index (Phi) is 5.26. The first-order valence-corrected chi connectivity index (χ1v) is 12.5. The van der Waals surface area contributed by atoms with Gasteiger partial charge in [0, 0.05) is 10.8 Å². The van der Waals surface area contributed by atoms with E-state index in [0.29, 0.717) is 0 Å². The summed E-state index contributed by atoms with van der Waals surface area (Å²) in [5, 5.41) is 2.34. The van der Waals surface area contributed by atoms with Crippen molar-refractivity contribution in [2.75, 3.05) is 0 Å². The van der Waals surface area contributed by atoms with Gasteiger partial charge in [-0.25, -0.2) is 0 Å². The molecule has 1 nitrogen and oxygen atoms in total. The number of fused-ring (bicyclic) bond motifs is 6. The number of rotatable bonds is 2. The summed E-state index contributed by atoms with van der Waals surface area (Å²) in [7, 11) is 0. The Morgan fingerprint density at radius 3 is 1.77 bits per heavy atom. The molecule has 0 aliphatic heterocycles. The molecule has 7 rings (SSSR count). The molecule has 0 bridgehead atoms. The summed E-state index contributed by atoms with van der Waals surface area (Å²) < 4.78 is 6.34. The van der Waals surface area contributed by atoms with Gasteiger partial charge in [0.15, 0.2) is 0 Å². The molecule has 0 radical (unpaired) electrons. The number of para-hydroxylation sites is 1. The Bertz CT molecular complexity index is 1580. The summed E-state index contributed by atoms with van der Waals surface area (Å²) in [6.45, 7) is 4.25. The fourth-order valence-electron chi connectivity index (χ4n) is 5.66. The zero-order valence-electron chi connectivity index (χ0n) is 20.2. The van der Waals surface area contributed by atoms with Crippen LogP contribution in [-0.2, 0) is 5.41 Å². The highest BCUT2D eigenvalue weighted by atomic mass is 16.3. The summed E-state index contributed by atoms with van der Waals surface area (Å²) in [5.41, 5.74) is 9.21. The molecule has 1 aliphatic carbocycles. The molecule has 0 saturated carbocycles. The minimum Gasteiger partial charge on any atom is -0.456 e. The molecule has 0 spiro atoms. The predicted molar refractivity (Wildman–Crippen MR) is 147 cm³/mol. The molecule has 6 aromatic rings.